The number of amides is 1. The van der Waals surface area contributed by atoms with Crippen LogP contribution in [-0.2, 0) is 6.54 Å². The first kappa shape index (κ1) is 13.1. The van der Waals surface area contributed by atoms with E-state index < -0.39 is 0 Å². The predicted octanol–water partition coefficient (Wildman–Crippen LogP) is 1.02. The summed E-state index contributed by atoms with van der Waals surface area (Å²) < 4.78 is 0. The van der Waals surface area contributed by atoms with Crippen LogP contribution in [0.4, 0.5) is 0 Å². The van der Waals surface area contributed by atoms with Crippen molar-refractivity contribution < 1.29 is 4.79 Å². The van der Waals surface area contributed by atoms with E-state index in [-0.39, 0.29) is 5.91 Å². The minimum absolute atomic E-state index is 0.295. The Kier molecular flexibility index (Phi) is 3.99. The van der Waals surface area contributed by atoms with Crippen LogP contribution in [0.5, 0.6) is 0 Å². The Labute approximate surface area is 108 Å². The van der Waals surface area contributed by atoms with Crippen LogP contribution < -0.4 is 11.5 Å². The summed E-state index contributed by atoms with van der Waals surface area (Å²) in [6.45, 7) is 4.98. The van der Waals surface area contributed by atoms with E-state index >= 15 is 0 Å². The lowest BCUT2D eigenvalue weighted by Gasteiger charge is -2.31. The monoisotopic (exact) mass is 247 g/mol. The lowest BCUT2D eigenvalue weighted by Crippen LogP contribution is -2.42. The maximum absolute atomic E-state index is 11.1. The molecule has 1 aromatic rings. The molecule has 2 rings (SSSR count). The molecular formula is C14H21N3O. The van der Waals surface area contributed by atoms with E-state index in [4.69, 9.17) is 11.5 Å². The van der Waals surface area contributed by atoms with E-state index in [9.17, 15) is 4.79 Å². The molecule has 18 heavy (non-hydrogen) atoms. The summed E-state index contributed by atoms with van der Waals surface area (Å²) in [5, 5.41) is 0. The van der Waals surface area contributed by atoms with Gasteiger partial charge in [0.2, 0.25) is 5.91 Å². The Balaban J connectivity index is 2.07. The highest BCUT2D eigenvalue weighted by molar-refractivity contribution is 5.93. The molecule has 1 heterocycles. The fourth-order valence-corrected chi connectivity index (χ4v) is 2.50. The van der Waals surface area contributed by atoms with Crippen molar-refractivity contribution in [2.24, 2.45) is 11.5 Å². The number of primary amides is 1. The van der Waals surface area contributed by atoms with E-state index in [1.165, 1.54) is 12.0 Å². The number of nitrogens with zero attached hydrogens (tertiary/aromatic N) is 1. The number of piperidine rings is 1. The van der Waals surface area contributed by atoms with Gasteiger partial charge in [0.1, 0.15) is 0 Å². The Morgan fingerprint density at radius 3 is 2.89 bits per heavy atom. The quantitative estimate of drug-likeness (QED) is 0.837. The third-order valence-electron chi connectivity index (χ3n) is 3.56. The number of likely N-dealkylation sites (tertiary alicyclic amines) is 1. The molecule has 1 aromatic carbocycles. The Bertz CT molecular complexity index is 445. The minimum atomic E-state index is -0.371. The van der Waals surface area contributed by atoms with Gasteiger partial charge in [-0.2, -0.15) is 0 Å². The first-order chi connectivity index (χ1) is 8.56. The predicted molar refractivity (Wildman–Crippen MR) is 72.2 cm³/mol. The van der Waals surface area contributed by atoms with Crippen LogP contribution in [-0.4, -0.2) is 29.9 Å². The van der Waals surface area contributed by atoms with Crippen molar-refractivity contribution in [1.82, 2.24) is 4.90 Å². The van der Waals surface area contributed by atoms with Crippen LogP contribution in [0, 0.1) is 6.92 Å². The number of benzene rings is 1. The largest absolute Gasteiger partial charge is 0.366 e. The normalized spacial score (nSPS) is 20.9. The zero-order chi connectivity index (χ0) is 13.1. The van der Waals surface area contributed by atoms with Crippen molar-refractivity contribution in [3.05, 3.63) is 34.9 Å². The molecule has 4 heteroatoms. The Morgan fingerprint density at radius 2 is 2.28 bits per heavy atom. The van der Waals surface area contributed by atoms with Gasteiger partial charge in [-0.25, -0.2) is 0 Å². The summed E-state index contributed by atoms with van der Waals surface area (Å²) in [7, 11) is 0. The van der Waals surface area contributed by atoms with Gasteiger partial charge in [0.05, 0.1) is 0 Å². The first-order valence-electron chi connectivity index (χ1n) is 6.43. The zero-order valence-corrected chi connectivity index (χ0v) is 10.9. The fraction of sp³-hybridized carbons (Fsp3) is 0.500. The van der Waals surface area contributed by atoms with Gasteiger partial charge in [0.25, 0.3) is 0 Å². The summed E-state index contributed by atoms with van der Waals surface area (Å²) in [6, 6.07) is 5.95. The number of carbonyl (C=O) groups is 1. The number of carbonyl (C=O) groups excluding carboxylic acids is 1. The Hall–Kier alpha value is -1.39. The molecule has 1 unspecified atom stereocenters. The first-order valence-corrected chi connectivity index (χ1v) is 6.43. The standard InChI is InChI=1S/C14H21N3O/c1-10-7-11(14(16)18)4-5-12(10)8-17-6-2-3-13(15)9-17/h4-5,7,13H,2-3,6,8-9,15H2,1H3,(H2,16,18). The van der Waals surface area contributed by atoms with Crippen LogP contribution in [0.15, 0.2) is 18.2 Å². The van der Waals surface area contributed by atoms with Crippen LogP contribution in [0.2, 0.25) is 0 Å². The third kappa shape index (κ3) is 3.09. The molecule has 1 aliphatic heterocycles. The summed E-state index contributed by atoms with van der Waals surface area (Å²) in [4.78, 5) is 13.5. The van der Waals surface area contributed by atoms with Gasteiger partial charge in [-0.1, -0.05) is 6.07 Å². The van der Waals surface area contributed by atoms with Crippen molar-refractivity contribution in [1.29, 1.82) is 0 Å². The van der Waals surface area contributed by atoms with Gasteiger partial charge in [-0.15, -0.1) is 0 Å². The molecular weight excluding hydrogens is 226 g/mol. The van der Waals surface area contributed by atoms with Gasteiger partial charge in [0.15, 0.2) is 0 Å². The van der Waals surface area contributed by atoms with Gasteiger partial charge >= 0.3 is 0 Å². The zero-order valence-electron chi connectivity index (χ0n) is 10.9. The molecule has 98 valence electrons. The van der Waals surface area contributed by atoms with Gasteiger partial charge in [0, 0.05) is 24.7 Å². The molecule has 0 aliphatic carbocycles. The molecule has 4 N–H and O–H groups in total. The second-order valence-electron chi connectivity index (χ2n) is 5.14. The van der Waals surface area contributed by atoms with Crippen LogP contribution in [0.1, 0.15) is 34.3 Å². The van der Waals surface area contributed by atoms with E-state index in [0.717, 1.165) is 31.6 Å². The molecule has 1 fully saturated rings. The van der Waals surface area contributed by atoms with Crippen LogP contribution in [0.3, 0.4) is 0 Å². The molecule has 0 radical (unpaired) electrons. The lowest BCUT2D eigenvalue weighted by atomic mass is 10.0. The molecule has 0 spiro atoms. The average Bonchev–Trinajstić information content (AvgIpc) is 2.31. The molecule has 4 nitrogen and oxygen atoms in total. The summed E-state index contributed by atoms with van der Waals surface area (Å²) >= 11 is 0. The highest BCUT2D eigenvalue weighted by Gasteiger charge is 2.17. The smallest absolute Gasteiger partial charge is 0.248 e. The molecule has 1 atom stereocenters. The fourth-order valence-electron chi connectivity index (χ4n) is 2.50. The highest BCUT2D eigenvalue weighted by atomic mass is 16.1. The van der Waals surface area contributed by atoms with E-state index in [1.807, 2.05) is 19.1 Å². The van der Waals surface area contributed by atoms with Gasteiger partial charge < -0.3 is 11.5 Å². The number of rotatable bonds is 3. The third-order valence-corrected chi connectivity index (χ3v) is 3.56. The molecule has 1 saturated heterocycles. The van der Waals surface area contributed by atoms with E-state index in [0.29, 0.717) is 11.6 Å². The molecule has 0 saturated carbocycles. The van der Waals surface area contributed by atoms with Gasteiger partial charge in [-0.3, -0.25) is 9.69 Å². The summed E-state index contributed by atoms with van der Waals surface area (Å²) in [5.74, 6) is -0.371. The molecule has 1 amide bonds. The lowest BCUT2D eigenvalue weighted by molar-refractivity contribution is 0.1000. The maximum atomic E-state index is 11.1. The Morgan fingerprint density at radius 1 is 1.50 bits per heavy atom. The number of aryl methyl sites for hydroxylation is 1. The molecule has 1 aliphatic rings. The van der Waals surface area contributed by atoms with Crippen molar-refractivity contribution in [3.63, 3.8) is 0 Å². The van der Waals surface area contributed by atoms with Crippen LogP contribution in [0.25, 0.3) is 0 Å². The second-order valence-corrected chi connectivity index (χ2v) is 5.14. The van der Waals surface area contributed by atoms with Crippen molar-refractivity contribution >= 4 is 5.91 Å². The average molecular weight is 247 g/mol. The van der Waals surface area contributed by atoms with E-state index in [1.54, 1.807) is 6.07 Å². The summed E-state index contributed by atoms with van der Waals surface area (Å²) in [6.07, 6.45) is 2.29. The maximum Gasteiger partial charge on any atom is 0.248 e. The minimum Gasteiger partial charge on any atom is -0.366 e. The van der Waals surface area contributed by atoms with Gasteiger partial charge in [-0.05, 0) is 49.6 Å². The number of hydrogen-bond donors (Lipinski definition) is 2. The molecule has 0 aromatic heterocycles. The summed E-state index contributed by atoms with van der Waals surface area (Å²) in [5.41, 5.74) is 14.2. The number of hydrogen-bond acceptors (Lipinski definition) is 3. The van der Waals surface area contributed by atoms with E-state index in [2.05, 4.69) is 4.90 Å². The van der Waals surface area contributed by atoms with Crippen LogP contribution >= 0.6 is 0 Å². The van der Waals surface area contributed by atoms with Crippen molar-refractivity contribution in [3.8, 4) is 0 Å². The number of nitrogens with two attached hydrogens (primary N) is 2. The van der Waals surface area contributed by atoms with Crippen molar-refractivity contribution in [2.45, 2.75) is 32.4 Å². The molecule has 0 bridgehead atoms. The highest BCUT2D eigenvalue weighted by Crippen LogP contribution is 2.16. The topological polar surface area (TPSA) is 72.4 Å². The SMILES string of the molecule is Cc1cc(C(N)=O)ccc1CN1CCCC(N)C1. The second kappa shape index (κ2) is 5.50. The van der Waals surface area contributed by atoms with Crippen molar-refractivity contribution in [2.75, 3.05) is 13.1 Å².